The molecule has 30 heavy (non-hydrogen) atoms. The van der Waals surface area contributed by atoms with Crippen molar-refractivity contribution in [3.8, 4) is 5.75 Å². The average Bonchev–Trinajstić information content (AvgIpc) is 2.95. The summed E-state index contributed by atoms with van der Waals surface area (Å²) in [7, 11) is -2.35. The minimum absolute atomic E-state index is 0.102. The number of non-ortho nitro benzene ring substituents is 1. The summed E-state index contributed by atoms with van der Waals surface area (Å²) in [5.74, 6) is 1.85. The maximum atomic E-state index is 12.2. The fraction of sp³-hybridized carbons (Fsp3) is 0.400. The molecule has 0 aliphatic carbocycles. The third-order valence-corrected chi connectivity index (χ3v) is 7.30. The number of ether oxygens (including phenoxy) is 2. The Bertz CT molecular complexity index is 977. The number of benzene rings is 2. The number of rotatable bonds is 9. The van der Waals surface area contributed by atoms with E-state index in [0.29, 0.717) is 6.61 Å². The highest BCUT2D eigenvalue weighted by Gasteiger charge is 2.23. The predicted octanol–water partition coefficient (Wildman–Crippen LogP) is 3.75. The van der Waals surface area contributed by atoms with Crippen LogP contribution in [-0.2, 0) is 25.5 Å². The van der Waals surface area contributed by atoms with Gasteiger partial charge in [-0.15, -0.1) is 0 Å². The topological polar surface area (TPSA) is 105 Å². The van der Waals surface area contributed by atoms with Gasteiger partial charge in [-0.2, -0.15) is 20.2 Å². The van der Waals surface area contributed by atoms with Crippen LogP contribution in [0.5, 0.6) is 5.75 Å². The van der Waals surface area contributed by atoms with Crippen molar-refractivity contribution in [2.45, 2.75) is 23.0 Å². The monoisotopic (exact) mass is 453 g/mol. The summed E-state index contributed by atoms with van der Waals surface area (Å²) < 4.78 is 40.6. The number of nitrogens with zero attached hydrogens (tertiary/aromatic N) is 1. The highest BCUT2D eigenvalue weighted by molar-refractivity contribution is 7.99. The summed E-state index contributed by atoms with van der Waals surface area (Å²) in [5.41, 5.74) is 2.21. The second-order valence-electron chi connectivity index (χ2n) is 6.60. The van der Waals surface area contributed by atoms with Gasteiger partial charge in [0.05, 0.1) is 42.0 Å². The molecule has 3 rings (SSSR count). The second kappa shape index (κ2) is 10.3. The normalized spacial score (nSPS) is 16.5. The molecule has 0 aromatic heterocycles. The van der Waals surface area contributed by atoms with Crippen molar-refractivity contribution in [1.29, 1.82) is 0 Å². The molecule has 0 fully saturated rings. The molecule has 1 atom stereocenters. The Balaban J connectivity index is 1.53. The Morgan fingerprint density at radius 2 is 1.93 bits per heavy atom. The molecule has 0 saturated heterocycles. The molecule has 1 unspecified atom stereocenters. The van der Waals surface area contributed by atoms with Crippen molar-refractivity contribution >= 4 is 27.6 Å². The molecular formula is C20H23NO7S2. The van der Waals surface area contributed by atoms with E-state index in [9.17, 15) is 18.5 Å². The van der Waals surface area contributed by atoms with Crippen LogP contribution in [0.4, 0.5) is 5.69 Å². The van der Waals surface area contributed by atoms with Gasteiger partial charge in [-0.1, -0.05) is 12.1 Å². The van der Waals surface area contributed by atoms with E-state index >= 15 is 0 Å². The Morgan fingerprint density at radius 1 is 1.17 bits per heavy atom. The summed E-state index contributed by atoms with van der Waals surface area (Å²) in [6.45, 7) is 0.377. The number of thioether (sulfide) groups is 1. The Hall–Kier alpha value is -2.14. The summed E-state index contributed by atoms with van der Waals surface area (Å²) in [4.78, 5) is 9.95. The van der Waals surface area contributed by atoms with Gasteiger partial charge in [-0.3, -0.25) is 14.3 Å². The average molecular weight is 454 g/mol. The standard InChI is InChI=1S/C20H23NO7S2/c1-26-18-6-2-4-15-5-3-13-29-19(20(15)18)14-27-11-12-28-30(24,25)17-9-7-16(8-10-17)21(22)23/h2,4,6-10,19H,3,5,11-14H2,1H3. The van der Waals surface area contributed by atoms with E-state index in [2.05, 4.69) is 6.07 Å². The first-order valence-corrected chi connectivity index (χ1v) is 11.9. The molecule has 162 valence electrons. The van der Waals surface area contributed by atoms with Crippen molar-refractivity contribution in [3.05, 3.63) is 63.7 Å². The fourth-order valence-electron chi connectivity index (χ4n) is 3.25. The van der Waals surface area contributed by atoms with E-state index in [0.717, 1.165) is 54.2 Å². The van der Waals surface area contributed by atoms with Crippen LogP contribution in [0.2, 0.25) is 0 Å². The highest BCUT2D eigenvalue weighted by atomic mass is 32.2. The fourth-order valence-corrected chi connectivity index (χ4v) is 5.36. The molecule has 2 aromatic carbocycles. The van der Waals surface area contributed by atoms with Crippen molar-refractivity contribution < 1.29 is 27.0 Å². The zero-order valence-corrected chi connectivity index (χ0v) is 18.1. The summed E-state index contributed by atoms with van der Waals surface area (Å²) in [6.07, 6.45) is 2.07. The lowest BCUT2D eigenvalue weighted by molar-refractivity contribution is -0.384. The van der Waals surface area contributed by atoms with Gasteiger partial charge in [0, 0.05) is 17.7 Å². The minimum atomic E-state index is -4.00. The molecular weight excluding hydrogens is 430 g/mol. The minimum Gasteiger partial charge on any atom is -0.496 e. The number of fused-ring (bicyclic) bond motifs is 1. The van der Waals surface area contributed by atoms with E-state index < -0.39 is 15.0 Å². The summed E-state index contributed by atoms with van der Waals surface area (Å²) >= 11 is 1.80. The maximum Gasteiger partial charge on any atom is 0.297 e. The van der Waals surface area contributed by atoms with Crippen molar-refractivity contribution in [1.82, 2.24) is 0 Å². The Kier molecular flexibility index (Phi) is 7.70. The number of nitro benzene ring substituents is 1. The van der Waals surface area contributed by atoms with Crippen molar-refractivity contribution in [2.75, 3.05) is 32.7 Å². The molecule has 0 bridgehead atoms. The first kappa shape index (κ1) is 22.5. The van der Waals surface area contributed by atoms with Gasteiger partial charge in [-0.25, -0.2) is 0 Å². The second-order valence-corrected chi connectivity index (χ2v) is 9.52. The maximum absolute atomic E-state index is 12.2. The number of methoxy groups -OCH3 is 1. The van der Waals surface area contributed by atoms with Gasteiger partial charge in [0.1, 0.15) is 5.75 Å². The molecule has 0 saturated carbocycles. The lowest BCUT2D eigenvalue weighted by Crippen LogP contribution is -2.14. The van der Waals surface area contributed by atoms with Gasteiger partial charge < -0.3 is 9.47 Å². The van der Waals surface area contributed by atoms with E-state index in [-0.39, 0.29) is 29.0 Å². The van der Waals surface area contributed by atoms with Crippen LogP contribution in [0.1, 0.15) is 22.8 Å². The molecule has 0 radical (unpaired) electrons. The molecule has 2 aromatic rings. The molecule has 1 heterocycles. The van der Waals surface area contributed by atoms with E-state index in [1.54, 1.807) is 18.9 Å². The molecule has 8 nitrogen and oxygen atoms in total. The van der Waals surface area contributed by atoms with E-state index in [4.69, 9.17) is 13.7 Å². The lowest BCUT2D eigenvalue weighted by atomic mass is 10.00. The highest BCUT2D eigenvalue weighted by Crippen LogP contribution is 2.41. The van der Waals surface area contributed by atoms with Gasteiger partial charge in [0.15, 0.2) is 0 Å². The van der Waals surface area contributed by atoms with Gasteiger partial charge in [0.25, 0.3) is 15.8 Å². The Labute approximate surface area is 179 Å². The first-order valence-electron chi connectivity index (χ1n) is 9.41. The molecule has 10 heteroatoms. The van der Waals surface area contributed by atoms with Crippen LogP contribution in [-0.4, -0.2) is 46.0 Å². The smallest absolute Gasteiger partial charge is 0.297 e. The quantitative estimate of drug-likeness (QED) is 0.245. The Morgan fingerprint density at radius 3 is 2.63 bits per heavy atom. The summed E-state index contributed by atoms with van der Waals surface area (Å²) in [6, 6.07) is 10.6. The number of aryl methyl sites for hydroxylation is 1. The SMILES string of the molecule is COc1cccc2c1C(COCCOS(=O)(=O)c1ccc([N+](=O)[O-])cc1)SCCC2. The molecule has 0 amide bonds. The first-order chi connectivity index (χ1) is 14.4. The van der Waals surface area contributed by atoms with Crippen molar-refractivity contribution in [2.24, 2.45) is 0 Å². The largest absolute Gasteiger partial charge is 0.496 e. The van der Waals surface area contributed by atoms with Gasteiger partial charge in [-0.05, 0) is 42.4 Å². The molecule has 0 N–H and O–H groups in total. The van der Waals surface area contributed by atoms with E-state index in [1.807, 2.05) is 12.1 Å². The van der Waals surface area contributed by atoms with Gasteiger partial charge in [0.2, 0.25) is 0 Å². The zero-order chi connectivity index (χ0) is 21.6. The molecule has 1 aliphatic heterocycles. The third kappa shape index (κ3) is 5.51. The third-order valence-electron chi connectivity index (χ3n) is 4.68. The molecule has 1 aliphatic rings. The number of hydrogen-bond donors (Lipinski definition) is 0. The van der Waals surface area contributed by atoms with Crippen LogP contribution < -0.4 is 4.74 Å². The van der Waals surface area contributed by atoms with E-state index in [1.165, 1.54) is 5.56 Å². The number of nitro groups is 1. The van der Waals surface area contributed by atoms with Crippen LogP contribution >= 0.6 is 11.8 Å². The zero-order valence-electron chi connectivity index (χ0n) is 16.5. The van der Waals surface area contributed by atoms with Crippen LogP contribution in [0.25, 0.3) is 0 Å². The van der Waals surface area contributed by atoms with Crippen LogP contribution in [0.3, 0.4) is 0 Å². The lowest BCUT2D eigenvalue weighted by Gasteiger charge is -2.20. The summed E-state index contributed by atoms with van der Waals surface area (Å²) in [5, 5.41) is 10.8. The van der Waals surface area contributed by atoms with Crippen molar-refractivity contribution in [3.63, 3.8) is 0 Å². The number of hydrogen-bond acceptors (Lipinski definition) is 8. The van der Waals surface area contributed by atoms with Gasteiger partial charge >= 0.3 is 0 Å². The van der Waals surface area contributed by atoms with Crippen LogP contribution in [0, 0.1) is 10.1 Å². The van der Waals surface area contributed by atoms with Crippen LogP contribution in [0.15, 0.2) is 47.4 Å². The molecule has 0 spiro atoms. The predicted molar refractivity (Wildman–Crippen MR) is 114 cm³/mol.